The molecule has 0 spiro atoms. The highest BCUT2D eigenvalue weighted by molar-refractivity contribution is 5.77. The number of rotatable bonds is 5. The zero-order chi connectivity index (χ0) is 17.6. The van der Waals surface area contributed by atoms with Gasteiger partial charge in [0.1, 0.15) is 11.5 Å². The summed E-state index contributed by atoms with van der Waals surface area (Å²) in [7, 11) is 1.63. The number of hydrogen-bond acceptors (Lipinski definition) is 4. The van der Waals surface area contributed by atoms with Gasteiger partial charge in [-0.05, 0) is 43.0 Å². The van der Waals surface area contributed by atoms with Crippen molar-refractivity contribution in [3.05, 3.63) is 24.3 Å². The van der Waals surface area contributed by atoms with Gasteiger partial charge >= 0.3 is 0 Å². The van der Waals surface area contributed by atoms with E-state index in [0.717, 1.165) is 37.8 Å². The van der Waals surface area contributed by atoms with Crippen LogP contribution in [0.25, 0.3) is 0 Å². The molecule has 0 N–H and O–H groups in total. The number of nitrogens with zero attached hydrogens (tertiary/aromatic N) is 2. The SMILES string of the molecule is COc1ccc(OCC(=O)N2CCN([C@H]3CCCC[C@H]3C)CC2)cc1. The van der Waals surface area contributed by atoms with Crippen LogP contribution in [0.4, 0.5) is 0 Å². The minimum atomic E-state index is 0.0761. The number of ether oxygens (including phenoxy) is 2. The van der Waals surface area contributed by atoms with Crippen LogP contribution in [0.3, 0.4) is 0 Å². The van der Waals surface area contributed by atoms with E-state index < -0.39 is 0 Å². The Morgan fingerprint density at radius 2 is 1.68 bits per heavy atom. The first-order valence-corrected chi connectivity index (χ1v) is 9.46. The molecular formula is C20H30N2O3. The van der Waals surface area contributed by atoms with Crippen molar-refractivity contribution in [2.24, 2.45) is 5.92 Å². The number of methoxy groups -OCH3 is 1. The Morgan fingerprint density at radius 1 is 1.04 bits per heavy atom. The second-order valence-electron chi connectivity index (χ2n) is 7.21. The molecule has 25 heavy (non-hydrogen) atoms. The first-order valence-electron chi connectivity index (χ1n) is 9.46. The molecule has 1 saturated heterocycles. The third-order valence-corrected chi connectivity index (χ3v) is 5.62. The molecule has 2 atom stereocenters. The number of hydrogen-bond donors (Lipinski definition) is 0. The van der Waals surface area contributed by atoms with Crippen molar-refractivity contribution in [3.63, 3.8) is 0 Å². The number of piperazine rings is 1. The van der Waals surface area contributed by atoms with E-state index in [2.05, 4.69) is 11.8 Å². The highest BCUT2D eigenvalue weighted by atomic mass is 16.5. The van der Waals surface area contributed by atoms with Gasteiger partial charge in [-0.3, -0.25) is 9.69 Å². The fourth-order valence-corrected chi connectivity index (χ4v) is 4.05. The second kappa shape index (κ2) is 8.56. The molecule has 0 unspecified atom stereocenters. The van der Waals surface area contributed by atoms with Crippen LogP contribution in [0.2, 0.25) is 0 Å². The molecule has 5 heteroatoms. The van der Waals surface area contributed by atoms with Crippen LogP contribution < -0.4 is 9.47 Å². The van der Waals surface area contributed by atoms with E-state index in [1.54, 1.807) is 7.11 Å². The third kappa shape index (κ3) is 4.66. The molecule has 1 heterocycles. The number of amides is 1. The Hall–Kier alpha value is -1.75. The van der Waals surface area contributed by atoms with Gasteiger partial charge in [0.15, 0.2) is 6.61 Å². The van der Waals surface area contributed by atoms with Crippen LogP contribution in [0, 0.1) is 5.92 Å². The van der Waals surface area contributed by atoms with Gasteiger partial charge in [0.25, 0.3) is 5.91 Å². The van der Waals surface area contributed by atoms with Gasteiger partial charge in [0, 0.05) is 32.2 Å². The molecule has 1 aliphatic carbocycles. The van der Waals surface area contributed by atoms with Crippen molar-refractivity contribution >= 4 is 5.91 Å². The average Bonchev–Trinajstić information content (AvgIpc) is 2.67. The summed E-state index contributed by atoms with van der Waals surface area (Å²) >= 11 is 0. The first kappa shape index (κ1) is 18.1. The maximum atomic E-state index is 12.4. The molecule has 3 rings (SSSR count). The van der Waals surface area contributed by atoms with Crippen LogP contribution in [0.15, 0.2) is 24.3 Å². The molecular weight excluding hydrogens is 316 g/mol. The Kier molecular flexibility index (Phi) is 6.19. The summed E-state index contributed by atoms with van der Waals surface area (Å²) in [5, 5.41) is 0. The van der Waals surface area contributed by atoms with Crippen molar-refractivity contribution < 1.29 is 14.3 Å². The van der Waals surface area contributed by atoms with Crippen molar-refractivity contribution in [2.75, 3.05) is 39.9 Å². The molecule has 1 aromatic carbocycles. The summed E-state index contributed by atoms with van der Waals surface area (Å²) in [6, 6.07) is 8.04. The lowest BCUT2D eigenvalue weighted by molar-refractivity contribution is -0.135. The summed E-state index contributed by atoms with van der Waals surface area (Å²) in [4.78, 5) is 16.9. The van der Waals surface area contributed by atoms with Crippen molar-refractivity contribution in [2.45, 2.75) is 38.6 Å². The minimum Gasteiger partial charge on any atom is -0.497 e. The first-order chi connectivity index (χ1) is 12.2. The smallest absolute Gasteiger partial charge is 0.260 e. The highest BCUT2D eigenvalue weighted by Gasteiger charge is 2.30. The molecule has 1 saturated carbocycles. The van der Waals surface area contributed by atoms with Crippen molar-refractivity contribution in [3.8, 4) is 11.5 Å². The highest BCUT2D eigenvalue weighted by Crippen LogP contribution is 2.28. The summed E-state index contributed by atoms with van der Waals surface area (Å²) in [5.74, 6) is 2.34. The maximum absolute atomic E-state index is 12.4. The van der Waals surface area contributed by atoms with Crippen LogP contribution in [-0.2, 0) is 4.79 Å². The summed E-state index contributed by atoms with van der Waals surface area (Å²) in [5.41, 5.74) is 0. The van der Waals surface area contributed by atoms with Crippen molar-refractivity contribution in [1.82, 2.24) is 9.80 Å². The number of carbonyl (C=O) groups excluding carboxylic acids is 1. The van der Waals surface area contributed by atoms with E-state index in [9.17, 15) is 4.79 Å². The molecule has 2 aliphatic rings. The van der Waals surface area contributed by atoms with E-state index in [-0.39, 0.29) is 12.5 Å². The minimum absolute atomic E-state index is 0.0761. The third-order valence-electron chi connectivity index (χ3n) is 5.62. The summed E-state index contributed by atoms with van der Waals surface area (Å²) in [6.45, 7) is 6.09. The number of benzene rings is 1. The second-order valence-corrected chi connectivity index (χ2v) is 7.21. The van der Waals surface area contributed by atoms with Crippen LogP contribution in [0.1, 0.15) is 32.6 Å². The molecule has 1 amide bonds. The monoisotopic (exact) mass is 346 g/mol. The van der Waals surface area contributed by atoms with Crippen LogP contribution in [0.5, 0.6) is 11.5 Å². The largest absolute Gasteiger partial charge is 0.497 e. The van der Waals surface area contributed by atoms with Crippen LogP contribution in [-0.4, -0.2) is 61.6 Å². The van der Waals surface area contributed by atoms with Gasteiger partial charge in [-0.15, -0.1) is 0 Å². The standard InChI is InChI=1S/C20H30N2O3/c1-16-5-3-4-6-19(16)21-11-13-22(14-12-21)20(23)15-25-18-9-7-17(24-2)8-10-18/h7-10,16,19H,3-6,11-15H2,1-2H3/t16-,19+/m1/s1. The van der Waals surface area contributed by atoms with Gasteiger partial charge in [0.2, 0.25) is 0 Å². The molecule has 2 fully saturated rings. The summed E-state index contributed by atoms with van der Waals surface area (Å²) in [6.07, 6.45) is 5.39. The quantitative estimate of drug-likeness (QED) is 0.822. The van der Waals surface area contributed by atoms with Gasteiger partial charge in [-0.2, -0.15) is 0 Å². The lowest BCUT2D eigenvalue weighted by Crippen LogP contribution is -2.54. The van der Waals surface area contributed by atoms with E-state index in [1.807, 2.05) is 29.2 Å². The Morgan fingerprint density at radius 3 is 2.32 bits per heavy atom. The molecule has 1 aliphatic heterocycles. The number of carbonyl (C=O) groups is 1. The average molecular weight is 346 g/mol. The van der Waals surface area contributed by atoms with Gasteiger partial charge in [-0.25, -0.2) is 0 Å². The lowest BCUT2D eigenvalue weighted by Gasteiger charge is -2.43. The Labute approximate surface area is 150 Å². The fourth-order valence-electron chi connectivity index (χ4n) is 4.05. The molecule has 0 radical (unpaired) electrons. The van der Waals surface area contributed by atoms with E-state index in [4.69, 9.17) is 9.47 Å². The predicted octanol–water partition coefficient (Wildman–Crippen LogP) is 2.80. The molecule has 5 nitrogen and oxygen atoms in total. The Balaban J connectivity index is 1.43. The Bertz CT molecular complexity index is 553. The summed E-state index contributed by atoms with van der Waals surface area (Å²) < 4.78 is 10.7. The van der Waals surface area contributed by atoms with Gasteiger partial charge in [0.05, 0.1) is 7.11 Å². The maximum Gasteiger partial charge on any atom is 0.260 e. The normalized spacial score (nSPS) is 24.8. The van der Waals surface area contributed by atoms with Crippen LogP contribution >= 0.6 is 0 Å². The van der Waals surface area contributed by atoms with Crippen molar-refractivity contribution in [1.29, 1.82) is 0 Å². The zero-order valence-electron chi connectivity index (χ0n) is 15.4. The molecule has 0 aromatic heterocycles. The molecule has 138 valence electrons. The molecule has 0 bridgehead atoms. The fraction of sp³-hybridized carbons (Fsp3) is 0.650. The molecule has 1 aromatic rings. The van der Waals surface area contributed by atoms with Gasteiger partial charge in [-0.1, -0.05) is 19.8 Å². The predicted molar refractivity (Wildman–Crippen MR) is 98.1 cm³/mol. The zero-order valence-corrected chi connectivity index (χ0v) is 15.4. The van der Waals surface area contributed by atoms with E-state index >= 15 is 0 Å². The van der Waals surface area contributed by atoms with E-state index in [0.29, 0.717) is 11.8 Å². The topological polar surface area (TPSA) is 42.0 Å². The van der Waals surface area contributed by atoms with E-state index in [1.165, 1.54) is 25.7 Å². The van der Waals surface area contributed by atoms with Gasteiger partial charge < -0.3 is 14.4 Å². The lowest BCUT2D eigenvalue weighted by atomic mass is 9.84.